The standard InChI is InChI=1S/C18H20F3N3/c19-18(20,21)14-3-1-2-13-15(4-8-23-16(13)14)24-10-6-17(7-11-24)5-9-22-12-17/h1-4,8,22H,5-7,9-12H2. The number of hydrogen-bond donors (Lipinski definition) is 1. The minimum absolute atomic E-state index is 0.0466. The number of hydrogen-bond acceptors (Lipinski definition) is 3. The minimum Gasteiger partial charge on any atom is -0.371 e. The zero-order chi connectivity index (χ0) is 16.8. The van der Waals surface area contributed by atoms with Crippen LogP contribution in [0.15, 0.2) is 30.5 Å². The van der Waals surface area contributed by atoms with E-state index in [2.05, 4.69) is 15.2 Å². The molecule has 0 unspecified atom stereocenters. The molecule has 0 radical (unpaired) electrons. The summed E-state index contributed by atoms with van der Waals surface area (Å²) in [5.41, 5.74) is 0.642. The van der Waals surface area contributed by atoms with Crippen LogP contribution in [0.4, 0.5) is 18.9 Å². The summed E-state index contributed by atoms with van der Waals surface area (Å²) in [6.45, 7) is 3.91. The Morgan fingerprint density at radius 1 is 1.08 bits per heavy atom. The van der Waals surface area contributed by atoms with Gasteiger partial charge >= 0.3 is 6.18 Å². The van der Waals surface area contributed by atoms with Gasteiger partial charge in [0.15, 0.2) is 0 Å². The summed E-state index contributed by atoms with van der Waals surface area (Å²) in [5, 5.41) is 4.03. The van der Waals surface area contributed by atoms with E-state index in [1.54, 1.807) is 6.07 Å². The van der Waals surface area contributed by atoms with Gasteiger partial charge in [-0.1, -0.05) is 12.1 Å². The van der Waals surface area contributed by atoms with Gasteiger partial charge in [0.2, 0.25) is 0 Å². The molecule has 2 aromatic rings. The molecule has 1 spiro atoms. The monoisotopic (exact) mass is 335 g/mol. The van der Waals surface area contributed by atoms with E-state index in [0.29, 0.717) is 10.8 Å². The molecule has 3 heterocycles. The molecule has 0 amide bonds. The Balaban J connectivity index is 1.68. The Bertz CT molecular complexity index is 741. The van der Waals surface area contributed by atoms with Crippen molar-refractivity contribution in [1.29, 1.82) is 0 Å². The van der Waals surface area contributed by atoms with E-state index in [4.69, 9.17) is 0 Å². The van der Waals surface area contributed by atoms with Crippen LogP contribution in [-0.4, -0.2) is 31.2 Å². The fourth-order valence-electron chi connectivity index (χ4n) is 4.11. The first-order valence-electron chi connectivity index (χ1n) is 8.39. The van der Waals surface area contributed by atoms with E-state index in [1.165, 1.54) is 18.7 Å². The van der Waals surface area contributed by atoms with Crippen molar-refractivity contribution >= 4 is 16.6 Å². The first-order valence-corrected chi connectivity index (χ1v) is 8.39. The Morgan fingerprint density at radius 3 is 2.54 bits per heavy atom. The summed E-state index contributed by atoms with van der Waals surface area (Å²) in [4.78, 5) is 6.23. The van der Waals surface area contributed by atoms with Crippen LogP contribution in [0.1, 0.15) is 24.8 Å². The molecular formula is C18H20F3N3. The van der Waals surface area contributed by atoms with Gasteiger partial charge in [0.25, 0.3) is 0 Å². The number of benzene rings is 1. The summed E-state index contributed by atoms with van der Waals surface area (Å²) < 4.78 is 39.7. The van der Waals surface area contributed by atoms with Crippen LogP contribution < -0.4 is 10.2 Å². The smallest absolute Gasteiger partial charge is 0.371 e. The van der Waals surface area contributed by atoms with E-state index < -0.39 is 11.7 Å². The van der Waals surface area contributed by atoms with Crippen molar-refractivity contribution in [2.24, 2.45) is 5.41 Å². The second-order valence-electron chi connectivity index (χ2n) is 6.94. The van der Waals surface area contributed by atoms with Gasteiger partial charge in [-0.25, -0.2) is 0 Å². The van der Waals surface area contributed by atoms with Gasteiger partial charge in [-0.15, -0.1) is 0 Å². The molecule has 2 saturated heterocycles. The number of para-hydroxylation sites is 1. The number of rotatable bonds is 1. The van der Waals surface area contributed by atoms with E-state index >= 15 is 0 Å². The average Bonchev–Trinajstić information content (AvgIpc) is 3.02. The van der Waals surface area contributed by atoms with Gasteiger partial charge in [0, 0.05) is 36.9 Å². The number of anilines is 1. The SMILES string of the molecule is FC(F)(F)c1cccc2c(N3CCC4(CCNC4)CC3)ccnc12. The summed E-state index contributed by atoms with van der Waals surface area (Å²) in [6, 6.07) is 6.17. The fraction of sp³-hybridized carbons (Fsp3) is 0.500. The lowest BCUT2D eigenvalue weighted by molar-refractivity contribution is -0.136. The summed E-state index contributed by atoms with van der Waals surface area (Å²) in [7, 11) is 0. The molecule has 6 heteroatoms. The van der Waals surface area contributed by atoms with Crippen LogP contribution in [0.3, 0.4) is 0 Å². The largest absolute Gasteiger partial charge is 0.418 e. The summed E-state index contributed by atoms with van der Waals surface area (Å²) in [5.74, 6) is 0. The maximum Gasteiger partial charge on any atom is 0.418 e. The fourth-order valence-corrected chi connectivity index (χ4v) is 4.11. The van der Waals surface area contributed by atoms with Gasteiger partial charge in [-0.3, -0.25) is 4.98 Å². The van der Waals surface area contributed by atoms with Crippen LogP contribution in [0.5, 0.6) is 0 Å². The van der Waals surface area contributed by atoms with Crippen molar-refractivity contribution in [3.63, 3.8) is 0 Å². The highest BCUT2D eigenvalue weighted by Gasteiger charge is 2.38. The number of nitrogens with one attached hydrogen (secondary N) is 1. The van der Waals surface area contributed by atoms with E-state index in [9.17, 15) is 13.2 Å². The Labute approximate surface area is 138 Å². The lowest BCUT2D eigenvalue weighted by atomic mass is 9.77. The molecule has 1 aromatic carbocycles. The van der Waals surface area contributed by atoms with Crippen molar-refractivity contribution in [2.45, 2.75) is 25.4 Å². The molecule has 1 N–H and O–H groups in total. The van der Waals surface area contributed by atoms with Crippen LogP contribution in [0, 0.1) is 5.41 Å². The van der Waals surface area contributed by atoms with Crippen LogP contribution >= 0.6 is 0 Å². The van der Waals surface area contributed by atoms with Gasteiger partial charge < -0.3 is 10.2 Å². The van der Waals surface area contributed by atoms with Crippen LogP contribution in [0.25, 0.3) is 10.9 Å². The van der Waals surface area contributed by atoms with Crippen LogP contribution in [-0.2, 0) is 6.18 Å². The topological polar surface area (TPSA) is 28.2 Å². The van der Waals surface area contributed by atoms with E-state index in [-0.39, 0.29) is 5.52 Å². The molecule has 3 nitrogen and oxygen atoms in total. The predicted molar refractivity (Wildman–Crippen MR) is 88.1 cm³/mol. The van der Waals surface area contributed by atoms with Gasteiger partial charge in [-0.2, -0.15) is 13.2 Å². The zero-order valence-corrected chi connectivity index (χ0v) is 13.4. The minimum atomic E-state index is -4.38. The maximum absolute atomic E-state index is 13.2. The molecule has 4 rings (SSSR count). The van der Waals surface area contributed by atoms with Crippen LogP contribution in [0.2, 0.25) is 0 Å². The molecule has 2 fully saturated rings. The quantitative estimate of drug-likeness (QED) is 0.858. The Hall–Kier alpha value is -1.82. The van der Waals surface area contributed by atoms with E-state index in [1.807, 2.05) is 6.07 Å². The third-order valence-corrected chi connectivity index (χ3v) is 5.55. The number of alkyl halides is 3. The lowest BCUT2D eigenvalue weighted by Gasteiger charge is -2.40. The molecule has 128 valence electrons. The molecular weight excluding hydrogens is 315 g/mol. The van der Waals surface area contributed by atoms with Crippen molar-refractivity contribution in [3.8, 4) is 0 Å². The molecule has 0 bridgehead atoms. The third-order valence-electron chi connectivity index (χ3n) is 5.55. The molecule has 2 aliphatic rings. The summed E-state index contributed by atoms with van der Waals surface area (Å²) >= 11 is 0. The highest BCUT2D eigenvalue weighted by Crippen LogP contribution is 2.41. The first kappa shape index (κ1) is 15.7. The van der Waals surface area contributed by atoms with Crippen molar-refractivity contribution in [1.82, 2.24) is 10.3 Å². The Kier molecular flexibility index (Phi) is 3.67. The highest BCUT2D eigenvalue weighted by atomic mass is 19.4. The highest BCUT2D eigenvalue weighted by molar-refractivity contribution is 5.93. The first-order chi connectivity index (χ1) is 11.5. The molecule has 2 aliphatic heterocycles. The summed E-state index contributed by atoms with van der Waals surface area (Å²) in [6.07, 6.45) is 0.489. The van der Waals surface area contributed by atoms with Gasteiger partial charge in [0.05, 0.1) is 11.1 Å². The van der Waals surface area contributed by atoms with Crippen molar-refractivity contribution in [3.05, 3.63) is 36.0 Å². The van der Waals surface area contributed by atoms with Gasteiger partial charge in [-0.05, 0) is 43.4 Å². The molecule has 1 aromatic heterocycles. The molecule has 24 heavy (non-hydrogen) atoms. The number of piperidine rings is 1. The second kappa shape index (κ2) is 5.62. The number of fused-ring (bicyclic) bond motifs is 1. The predicted octanol–water partition coefficient (Wildman–Crippen LogP) is 3.83. The number of halogens is 3. The lowest BCUT2D eigenvalue weighted by Crippen LogP contribution is -2.41. The molecule has 0 atom stereocenters. The van der Waals surface area contributed by atoms with E-state index in [0.717, 1.165) is 50.8 Å². The van der Waals surface area contributed by atoms with Crippen molar-refractivity contribution in [2.75, 3.05) is 31.1 Å². The zero-order valence-electron chi connectivity index (χ0n) is 13.4. The molecule has 0 saturated carbocycles. The number of nitrogens with zero attached hydrogens (tertiary/aromatic N) is 2. The number of aromatic nitrogens is 1. The van der Waals surface area contributed by atoms with Gasteiger partial charge in [0.1, 0.15) is 0 Å². The third kappa shape index (κ3) is 2.62. The second-order valence-corrected chi connectivity index (χ2v) is 6.94. The normalized spacial score (nSPS) is 20.9. The van der Waals surface area contributed by atoms with Crippen molar-refractivity contribution < 1.29 is 13.2 Å². The Morgan fingerprint density at radius 2 is 1.88 bits per heavy atom. The number of pyridine rings is 1. The maximum atomic E-state index is 13.2. The molecule has 0 aliphatic carbocycles. The average molecular weight is 335 g/mol.